The minimum Gasteiger partial charge on any atom is -0.358 e. The lowest BCUT2D eigenvalue weighted by atomic mass is 10.2. The van der Waals surface area contributed by atoms with Crippen LogP contribution >= 0.6 is 27.5 Å². The fourth-order valence-electron chi connectivity index (χ4n) is 2.28. The number of hydrogen-bond donors (Lipinski definition) is 1. The molecule has 0 bridgehead atoms. The summed E-state index contributed by atoms with van der Waals surface area (Å²) in [7, 11) is 0. The standard InChI is InChI=1S/C13H13BrClN3O/c14-9-3-4-10(15)12(8-9)18-7-1-2-11(18)13(19)17-6-5-16/h3-4,8,11H,1-2,6-7H2,(H,17,19)/t11-/m0/s1. The molecule has 100 valence electrons. The first kappa shape index (κ1) is 14.2. The molecular formula is C13H13BrClN3O. The van der Waals surface area contributed by atoms with Crippen molar-refractivity contribution in [2.45, 2.75) is 18.9 Å². The number of hydrogen-bond acceptors (Lipinski definition) is 3. The fraction of sp³-hybridized carbons (Fsp3) is 0.385. The largest absolute Gasteiger partial charge is 0.358 e. The summed E-state index contributed by atoms with van der Waals surface area (Å²) in [6, 6.07) is 7.25. The Labute approximate surface area is 125 Å². The van der Waals surface area contributed by atoms with Crippen LogP contribution in [0.3, 0.4) is 0 Å². The van der Waals surface area contributed by atoms with Gasteiger partial charge in [-0.2, -0.15) is 5.26 Å². The molecule has 1 aliphatic rings. The van der Waals surface area contributed by atoms with Crippen molar-refractivity contribution in [1.29, 1.82) is 5.26 Å². The van der Waals surface area contributed by atoms with Gasteiger partial charge in [-0.1, -0.05) is 27.5 Å². The number of carbonyl (C=O) groups excluding carboxylic acids is 1. The SMILES string of the molecule is N#CCNC(=O)[C@@H]1CCCN1c1cc(Br)ccc1Cl. The van der Waals surface area contributed by atoms with Gasteiger partial charge in [0, 0.05) is 11.0 Å². The zero-order valence-electron chi connectivity index (χ0n) is 10.2. The smallest absolute Gasteiger partial charge is 0.243 e. The Morgan fingerprint density at radius 2 is 2.42 bits per heavy atom. The molecule has 6 heteroatoms. The van der Waals surface area contributed by atoms with E-state index in [0.717, 1.165) is 29.5 Å². The van der Waals surface area contributed by atoms with Crippen molar-refractivity contribution in [1.82, 2.24) is 5.32 Å². The quantitative estimate of drug-likeness (QED) is 0.859. The van der Waals surface area contributed by atoms with Crippen LogP contribution in [0.5, 0.6) is 0 Å². The molecule has 0 unspecified atom stereocenters. The highest BCUT2D eigenvalue weighted by molar-refractivity contribution is 9.10. The highest BCUT2D eigenvalue weighted by Crippen LogP contribution is 2.34. The van der Waals surface area contributed by atoms with Gasteiger partial charge in [0.2, 0.25) is 5.91 Å². The lowest BCUT2D eigenvalue weighted by Gasteiger charge is -2.26. The van der Waals surface area contributed by atoms with Crippen LogP contribution in [0.2, 0.25) is 5.02 Å². The second-order valence-corrected chi connectivity index (χ2v) is 5.65. The van der Waals surface area contributed by atoms with E-state index in [2.05, 4.69) is 21.2 Å². The number of rotatable bonds is 3. The molecule has 1 atom stereocenters. The maximum Gasteiger partial charge on any atom is 0.243 e. The number of carbonyl (C=O) groups is 1. The summed E-state index contributed by atoms with van der Waals surface area (Å²) in [5, 5.41) is 11.8. The number of nitrogens with one attached hydrogen (secondary N) is 1. The lowest BCUT2D eigenvalue weighted by molar-refractivity contribution is -0.121. The number of amides is 1. The van der Waals surface area contributed by atoms with Gasteiger partial charge in [0.25, 0.3) is 0 Å². The molecule has 1 heterocycles. The molecule has 1 aromatic rings. The number of nitrogens with zero attached hydrogens (tertiary/aromatic N) is 2. The van der Waals surface area contributed by atoms with Gasteiger partial charge >= 0.3 is 0 Å². The van der Waals surface area contributed by atoms with Crippen molar-refractivity contribution in [3.63, 3.8) is 0 Å². The van der Waals surface area contributed by atoms with Crippen molar-refractivity contribution in [2.75, 3.05) is 18.0 Å². The van der Waals surface area contributed by atoms with E-state index in [1.54, 1.807) is 0 Å². The average molecular weight is 343 g/mol. The Bertz CT molecular complexity index is 529. The van der Waals surface area contributed by atoms with Crippen LogP contribution in [0.25, 0.3) is 0 Å². The highest BCUT2D eigenvalue weighted by atomic mass is 79.9. The Morgan fingerprint density at radius 3 is 3.16 bits per heavy atom. The summed E-state index contributed by atoms with van der Waals surface area (Å²) in [5.41, 5.74) is 0.852. The minimum atomic E-state index is -0.250. The number of anilines is 1. The summed E-state index contributed by atoms with van der Waals surface area (Å²) in [6.07, 6.45) is 1.72. The Balaban J connectivity index is 2.21. The molecule has 19 heavy (non-hydrogen) atoms. The highest BCUT2D eigenvalue weighted by Gasteiger charge is 2.31. The number of benzene rings is 1. The molecule has 1 amide bonds. The van der Waals surface area contributed by atoms with E-state index >= 15 is 0 Å². The van der Waals surface area contributed by atoms with Gasteiger partial charge in [0.05, 0.1) is 16.8 Å². The topological polar surface area (TPSA) is 56.1 Å². The van der Waals surface area contributed by atoms with Crippen molar-refractivity contribution in [3.8, 4) is 6.07 Å². The summed E-state index contributed by atoms with van der Waals surface area (Å²) in [6.45, 7) is 0.830. The first-order chi connectivity index (χ1) is 9.13. The Morgan fingerprint density at radius 1 is 1.63 bits per heavy atom. The van der Waals surface area contributed by atoms with Crippen LogP contribution in [-0.4, -0.2) is 25.0 Å². The first-order valence-corrected chi connectivity index (χ1v) is 7.17. The van der Waals surface area contributed by atoms with Crippen molar-refractivity contribution >= 4 is 39.1 Å². The van der Waals surface area contributed by atoms with Gasteiger partial charge in [0.15, 0.2) is 0 Å². The van der Waals surface area contributed by atoms with Crippen LogP contribution in [0.1, 0.15) is 12.8 Å². The van der Waals surface area contributed by atoms with Crippen LogP contribution in [0.4, 0.5) is 5.69 Å². The molecule has 0 aliphatic carbocycles. The molecule has 1 fully saturated rings. The summed E-state index contributed by atoms with van der Waals surface area (Å²) >= 11 is 9.62. The lowest BCUT2D eigenvalue weighted by Crippen LogP contribution is -2.43. The monoisotopic (exact) mass is 341 g/mol. The molecule has 0 spiro atoms. The predicted octanol–water partition coefficient (Wildman–Crippen LogP) is 2.71. The molecule has 1 aromatic carbocycles. The van der Waals surface area contributed by atoms with E-state index in [0.29, 0.717) is 5.02 Å². The second kappa shape index (κ2) is 6.27. The van der Waals surface area contributed by atoms with Gasteiger partial charge < -0.3 is 10.2 Å². The summed E-state index contributed by atoms with van der Waals surface area (Å²) < 4.78 is 0.926. The number of nitriles is 1. The molecular weight excluding hydrogens is 330 g/mol. The van der Waals surface area contributed by atoms with Crippen LogP contribution < -0.4 is 10.2 Å². The zero-order chi connectivity index (χ0) is 13.8. The zero-order valence-corrected chi connectivity index (χ0v) is 12.5. The summed E-state index contributed by atoms with van der Waals surface area (Å²) in [5.74, 6) is -0.116. The third-order valence-electron chi connectivity index (χ3n) is 3.11. The second-order valence-electron chi connectivity index (χ2n) is 4.32. The molecule has 2 rings (SSSR count). The molecule has 1 aliphatic heterocycles. The average Bonchev–Trinajstić information content (AvgIpc) is 2.88. The van der Waals surface area contributed by atoms with E-state index in [4.69, 9.17) is 16.9 Å². The number of halogens is 2. The van der Waals surface area contributed by atoms with Crippen LogP contribution in [-0.2, 0) is 4.79 Å². The maximum absolute atomic E-state index is 12.0. The van der Waals surface area contributed by atoms with Crippen molar-refractivity contribution in [3.05, 3.63) is 27.7 Å². The molecule has 1 saturated heterocycles. The molecule has 0 saturated carbocycles. The van der Waals surface area contributed by atoms with E-state index in [9.17, 15) is 4.79 Å². The first-order valence-electron chi connectivity index (χ1n) is 6.00. The Kier molecular flexibility index (Phi) is 4.67. The third-order valence-corrected chi connectivity index (χ3v) is 3.93. The van der Waals surface area contributed by atoms with Gasteiger partial charge in [-0.3, -0.25) is 4.79 Å². The fourth-order valence-corrected chi connectivity index (χ4v) is 2.85. The normalized spacial score (nSPS) is 18.2. The van der Waals surface area contributed by atoms with E-state index in [1.165, 1.54) is 0 Å². The van der Waals surface area contributed by atoms with E-state index in [1.807, 2.05) is 29.2 Å². The van der Waals surface area contributed by atoms with E-state index in [-0.39, 0.29) is 18.5 Å². The van der Waals surface area contributed by atoms with Gasteiger partial charge in [-0.05, 0) is 31.0 Å². The van der Waals surface area contributed by atoms with Gasteiger partial charge in [-0.15, -0.1) is 0 Å². The predicted molar refractivity (Wildman–Crippen MR) is 78.1 cm³/mol. The van der Waals surface area contributed by atoms with Crippen LogP contribution in [0, 0.1) is 11.3 Å². The maximum atomic E-state index is 12.0. The Hall–Kier alpha value is -1.25. The summed E-state index contributed by atoms with van der Waals surface area (Å²) in [4.78, 5) is 14.0. The third kappa shape index (κ3) is 3.20. The molecule has 0 aromatic heterocycles. The minimum absolute atomic E-state index is 0.0371. The molecule has 0 radical (unpaired) electrons. The van der Waals surface area contributed by atoms with Crippen LogP contribution in [0.15, 0.2) is 22.7 Å². The van der Waals surface area contributed by atoms with Crippen molar-refractivity contribution in [2.24, 2.45) is 0 Å². The van der Waals surface area contributed by atoms with Crippen molar-refractivity contribution < 1.29 is 4.79 Å². The molecule has 4 nitrogen and oxygen atoms in total. The molecule has 1 N–H and O–H groups in total. The van der Waals surface area contributed by atoms with E-state index < -0.39 is 0 Å². The van der Waals surface area contributed by atoms with Gasteiger partial charge in [0.1, 0.15) is 12.6 Å². The van der Waals surface area contributed by atoms with Gasteiger partial charge in [-0.25, -0.2) is 0 Å².